The van der Waals surface area contributed by atoms with Crippen LogP contribution in [0.3, 0.4) is 0 Å². The van der Waals surface area contributed by atoms with Gasteiger partial charge in [0, 0.05) is 23.2 Å². The Kier molecular flexibility index (Phi) is 7.01. The minimum atomic E-state index is -2.58. The van der Waals surface area contributed by atoms with Crippen LogP contribution in [0.1, 0.15) is 6.42 Å². The molecule has 5 heteroatoms. The number of benzene rings is 2. The van der Waals surface area contributed by atoms with Crippen LogP contribution in [0.5, 0.6) is 0 Å². The smallest absolute Gasteiger partial charge is 0.143 e. The summed E-state index contributed by atoms with van der Waals surface area (Å²) in [7, 11) is 1.33. The van der Waals surface area contributed by atoms with Crippen molar-refractivity contribution in [3.05, 3.63) is 60.7 Å². The SMILES string of the molecule is C[N+](C)(N)CCCP(=O)(c1ccccc1)c1ccccc1.[Br-]. The lowest BCUT2D eigenvalue weighted by Crippen LogP contribution is -3.00. The van der Waals surface area contributed by atoms with E-state index in [1.54, 1.807) is 0 Å². The van der Waals surface area contributed by atoms with Crippen molar-refractivity contribution in [3.63, 3.8) is 0 Å². The fourth-order valence-electron chi connectivity index (χ4n) is 2.45. The monoisotopic (exact) mass is 382 g/mol. The van der Waals surface area contributed by atoms with Gasteiger partial charge in [0.15, 0.2) is 0 Å². The lowest BCUT2D eigenvalue weighted by molar-refractivity contribution is -0.902. The van der Waals surface area contributed by atoms with Crippen molar-refractivity contribution in [3.8, 4) is 0 Å². The molecule has 0 heterocycles. The molecule has 0 aliphatic heterocycles. The molecule has 2 aromatic rings. The first-order chi connectivity index (χ1) is 9.92. The predicted molar refractivity (Wildman–Crippen MR) is 90.4 cm³/mol. The molecular weight excluding hydrogens is 359 g/mol. The first kappa shape index (κ1) is 19.1. The highest BCUT2D eigenvalue weighted by atomic mass is 79.9. The summed E-state index contributed by atoms with van der Waals surface area (Å²) in [6.45, 7) is 0.809. The van der Waals surface area contributed by atoms with Crippen LogP contribution in [0, 0.1) is 0 Å². The molecule has 2 rings (SSSR count). The maximum atomic E-state index is 13.7. The highest BCUT2D eigenvalue weighted by Crippen LogP contribution is 2.43. The van der Waals surface area contributed by atoms with Gasteiger partial charge in [-0.2, -0.15) is 5.84 Å². The first-order valence-corrected chi connectivity index (χ1v) is 9.13. The molecule has 0 saturated carbocycles. The summed E-state index contributed by atoms with van der Waals surface area (Å²) >= 11 is 0. The zero-order valence-corrected chi connectivity index (χ0v) is 15.6. The molecule has 0 aliphatic carbocycles. The van der Waals surface area contributed by atoms with Crippen LogP contribution in [-0.4, -0.2) is 31.4 Å². The third kappa shape index (κ3) is 5.06. The Bertz CT molecular complexity index is 568. The normalized spacial score (nSPS) is 11.8. The van der Waals surface area contributed by atoms with E-state index in [9.17, 15) is 4.57 Å². The van der Waals surface area contributed by atoms with Crippen molar-refractivity contribution in [2.75, 3.05) is 26.8 Å². The number of quaternary nitrogens is 1. The second-order valence-electron chi connectivity index (χ2n) is 5.99. The summed E-state index contributed by atoms with van der Waals surface area (Å²) in [6, 6.07) is 19.6. The number of hydrogen-bond acceptors (Lipinski definition) is 2. The van der Waals surface area contributed by atoms with Crippen LogP contribution < -0.4 is 33.4 Å². The van der Waals surface area contributed by atoms with Gasteiger partial charge in [-0.05, 0) is 0 Å². The van der Waals surface area contributed by atoms with Gasteiger partial charge in [-0.15, -0.1) is 0 Å². The van der Waals surface area contributed by atoms with Crippen LogP contribution >= 0.6 is 7.14 Å². The summed E-state index contributed by atoms with van der Waals surface area (Å²) in [4.78, 5) is 0. The molecule has 0 amide bonds. The van der Waals surface area contributed by atoms with Gasteiger partial charge in [-0.3, -0.25) is 4.59 Å². The van der Waals surface area contributed by atoms with E-state index in [2.05, 4.69) is 0 Å². The lowest BCUT2D eigenvalue weighted by atomic mass is 10.4. The molecule has 3 nitrogen and oxygen atoms in total. The summed E-state index contributed by atoms with van der Waals surface area (Å²) in [6.07, 6.45) is 1.49. The van der Waals surface area contributed by atoms with E-state index >= 15 is 0 Å². The van der Waals surface area contributed by atoms with Gasteiger partial charge in [0.05, 0.1) is 20.6 Å². The van der Waals surface area contributed by atoms with Gasteiger partial charge < -0.3 is 21.5 Å². The minimum Gasteiger partial charge on any atom is -1.00 e. The van der Waals surface area contributed by atoms with E-state index in [-0.39, 0.29) is 17.0 Å². The number of nitrogens with two attached hydrogens (primary N) is 1. The van der Waals surface area contributed by atoms with Crippen LogP contribution in [-0.2, 0) is 4.57 Å². The summed E-state index contributed by atoms with van der Waals surface area (Å²) in [5.74, 6) is 5.99. The molecule has 0 unspecified atom stereocenters. The Morgan fingerprint density at radius 1 is 0.909 bits per heavy atom. The lowest BCUT2D eigenvalue weighted by Gasteiger charge is -2.24. The average molecular weight is 383 g/mol. The molecule has 120 valence electrons. The molecule has 0 aromatic heterocycles. The fourth-order valence-corrected chi connectivity index (χ4v) is 5.15. The molecule has 0 bridgehead atoms. The maximum Gasteiger partial charge on any atom is 0.143 e. The van der Waals surface area contributed by atoms with Crippen molar-refractivity contribution in [2.24, 2.45) is 5.84 Å². The number of rotatable bonds is 6. The van der Waals surface area contributed by atoms with Crippen molar-refractivity contribution >= 4 is 17.8 Å². The second kappa shape index (κ2) is 8.07. The Morgan fingerprint density at radius 3 is 1.68 bits per heavy atom. The first-order valence-electron chi connectivity index (χ1n) is 7.24. The Labute approximate surface area is 143 Å². The molecule has 0 atom stereocenters. The van der Waals surface area contributed by atoms with E-state index in [1.807, 2.05) is 74.8 Å². The number of hydrogen-bond donors (Lipinski definition) is 1. The molecule has 0 radical (unpaired) electrons. The van der Waals surface area contributed by atoms with E-state index < -0.39 is 7.14 Å². The Balaban J connectivity index is 0.00000242. The van der Waals surface area contributed by atoms with Gasteiger partial charge in [-0.25, -0.2) is 0 Å². The van der Waals surface area contributed by atoms with Crippen molar-refractivity contribution in [1.82, 2.24) is 0 Å². The average Bonchev–Trinajstić information content (AvgIpc) is 2.47. The summed E-state index contributed by atoms with van der Waals surface area (Å²) in [5.41, 5.74) is 0. The third-order valence-corrected chi connectivity index (χ3v) is 6.76. The fraction of sp³-hybridized carbons (Fsp3) is 0.294. The van der Waals surface area contributed by atoms with E-state index in [1.165, 1.54) is 0 Å². The second-order valence-corrected chi connectivity index (χ2v) is 8.95. The highest BCUT2D eigenvalue weighted by Gasteiger charge is 2.27. The molecule has 0 fully saturated rings. The summed E-state index contributed by atoms with van der Waals surface area (Å²) < 4.78 is 14.1. The van der Waals surface area contributed by atoms with Crippen molar-refractivity contribution < 1.29 is 26.1 Å². The largest absolute Gasteiger partial charge is 1.00 e. The van der Waals surface area contributed by atoms with E-state index in [0.717, 1.165) is 23.6 Å². The Morgan fingerprint density at radius 2 is 1.32 bits per heavy atom. The zero-order chi connectivity index (χ0) is 15.3. The number of halogens is 1. The maximum absolute atomic E-state index is 13.7. The van der Waals surface area contributed by atoms with E-state index in [0.29, 0.717) is 10.8 Å². The molecular formula is C17H24BrN2OP. The third-order valence-electron chi connectivity index (χ3n) is 3.55. The topological polar surface area (TPSA) is 43.1 Å². The molecule has 22 heavy (non-hydrogen) atoms. The standard InChI is InChI=1S/C17H24N2OP.BrH/c1-19(2,18)14-9-15-21(20,16-10-5-3-6-11-16)17-12-7-4-8-13-17;/h3-8,10-13H,9,14-15,18H2,1-2H3;1H/q+1;/p-1. The molecule has 0 aliphatic rings. The minimum absolute atomic E-state index is 0. The van der Waals surface area contributed by atoms with Crippen molar-refractivity contribution in [1.29, 1.82) is 0 Å². The van der Waals surface area contributed by atoms with Crippen LogP contribution in [0.4, 0.5) is 0 Å². The highest BCUT2D eigenvalue weighted by molar-refractivity contribution is 7.78. The van der Waals surface area contributed by atoms with Crippen LogP contribution in [0.25, 0.3) is 0 Å². The van der Waals surface area contributed by atoms with Gasteiger partial charge in [0.1, 0.15) is 7.14 Å². The van der Waals surface area contributed by atoms with Gasteiger partial charge in [-0.1, -0.05) is 60.7 Å². The van der Waals surface area contributed by atoms with E-state index in [4.69, 9.17) is 5.84 Å². The molecule has 2 N–H and O–H groups in total. The number of nitrogens with zero attached hydrogens (tertiary/aromatic N) is 1. The van der Waals surface area contributed by atoms with Crippen LogP contribution in [0.15, 0.2) is 60.7 Å². The zero-order valence-electron chi connectivity index (χ0n) is 13.2. The van der Waals surface area contributed by atoms with Gasteiger partial charge in [0.25, 0.3) is 0 Å². The van der Waals surface area contributed by atoms with Crippen LogP contribution in [0.2, 0.25) is 0 Å². The van der Waals surface area contributed by atoms with Crippen molar-refractivity contribution in [2.45, 2.75) is 6.42 Å². The molecule has 0 saturated heterocycles. The summed E-state index contributed by atoms with van der Waals surface area (Å²) in [5, 5.41) is 1.86. The quantitative estimate of drug-likeness (QED) is 0.312. The molecule has 2 aromatic carbocycles. The molecule has 0 spiro atoms. The predicted octanol–water partition coefficient (Wildman–Crippen LogP) is -0.655. The van der Waals surface area contributed by atoms with Gasteiger partial charge in [0.2, 0.25) is 0 Å². The van der Waals surface area contributed by atoms with Gasteiger partial charge >= 0.3 is 0 Å². The Hall–Kier alpha value is -0.930.